The molecule has 1 fully saturated rings. The van der Waals surface area contributed by atoms with Gasteiger partial charge in [0.1, 0.15) is 17.1 Å². The highest BCUT2D eigenvalue weighted by molar-refractivity contribution is 7.89. The number of carbonyl (C=O) groups excluding carboxylic acids is 1. The Morgan fingerprint density at radius 2 is 1.97 bits per heavy atom. The Hall–Kier alpha value is -2.58. The summed E-state index contributed by atoms with van der Waals surface area (Å²) in [5.74, 6) is 1.12. The van der Waals surface area contributed by atoms with Gasteiger partial charge in [0.2, 0.25) is 15.9 Å². The van der Waals surface area contributed by atoms with E-state index in [4.69, 9.17) is 9.47 Å². The Bertz CT molecular complexity index is 1080. The largest absolute Gasteiger partial charge is 0.495 e. The van der Waals surface area contributed by atoms with Gasteiger partial charge in [-0.15, -0.1) is 0 Å². The van der Waals surface area contributed by atoms with Crippen molar-refractivity contribution in [3.05, 3.63) is 48.0 Å². The topological polar surface area (TPSA) is 84.9 Å². The molecule has 1 amide bonds. The summed E-state index contributed by atoms with van der Waals surface area (Å²) in [6, 6.07) is 11.6. The van der Waals surface area contributed by atoms with E-state index in [1.807, 2.05) is 38.1 Å². The minimum atomic E-state index is -3.85. The summed E-state index contributed by atoms with van der Waals surface area (Å²) in [4.78, 5) is 13.9. The molecule has 1 N–H and O–H groups in total. The van der Waals surface area contributed by atoms with Crippen molar-refractivity contribution in [1.82, 2.24) is 4.72 Å². The summed E-state index contributed by atoms with van der Waals surface area (Å²) in [6.07, 6.45) is 1.69. The highest BCUT2D eigenvalue weighted by Gasteiger charge is 2.36. The number of carbonyl (C=O) groups is 1. The maximum Gasteiger partial charge on any atom is 0.241 e. The van der Waals surface area contributed by atoms with Gasteiger partial charge in [-0.3, -0.25) is 4.79 Å². The number of anilines is 1. The number of methoxy groups -OCH3 is 1. The Balaban J connectivity index is 1.68. The molecule has 30 heavy (non-hydrogen) atoms. The van der Waals surface area contributed by atoms with Gasteiger partial charge in [0.25, 0.3) is 0 Å². The maximum absolute atomic E-state index is 13.3. The average Bonchev–Trinajstić information content (AvgIpc) is 3.12. The molecule has 0 radical (unpaired) electrons. The molecule has 7 nitrogen and oxygen atoms in total. The molecular formula is C22H26N2O5S. The van der Waals surface area contributed by atoms with Gasteiger partial charge in [0.05, 0.1) is 23.7 Å². The van der Waals surface area contributed by atoms with Crippen LogP contribution in [0.15, 0.2) is 47.4 Å². The van der Waals surface area contributed by atoms with E-state index in [0.717, 1.165) is 12.0 Å². The summed E-state index contributed by atoms with van der Waals surface area (Å²) in [5, 5.41) is 0. The lowest BCUT2D eigenvalue weighted by atomic mass is 9.90. The fourth-order valence-corrected chi connectivity index (χ4v) is 5.35. The van der Waals surface area contributed by atoms with Gasteiger partial charge < -0.3 is 14.4 Å². The number of para-hydroxylation sites is 1. The third kappa shape index (κ3) is 3.89. The van der Waals surface area contributed by atoms with Gasteiger partial charge in [-0.2, -0.15) is 0 Å². The molecule has 2 aromatic rings. The Morgan fingerprint density at radius 3 is 2.67 bits per heavy atom. The van der Waals surface area contributed by atoms with Crippen molar-refractivity contribution < 1.29 is 22.7 Å². The zero-order chi connectivity index (χ0) is 21.5. The Kier molecular flexibility index (Phi) is 5.23. The molecule has 160 valence electrons. The molecule has 8 heteroatoms. The van der Waals surface area contributed by atoms with Crippen LogP contribution >= 0.6 is 0 Å². The average molecular weight is 431 g/mol. The van der Waals surface area contributed by atoms with Crippen LogP contribution in [0.4, 0.5) is 5.69 Å². The van der Waals surface area contributed by atoms with Crippen molar-refractivity contribution in [2.45, 2.75) is 49.6 Å². The SMILES string of the molecule is COc1ccc(S(=O)(=O)N[C@H]2CC(C)(C)Oc3ccccc32)cc1N1CCCC1=O. The fraction of sp³-hybridized carbons (Fsp3) is 0.409. The number of hydrogen-bond acceptors (Lipinski definition) is 5. The first-order valence-electron chi connectivity index (χ1n) is 9.99. The Labute approximate surface area is 177 Å². The molecular weight excluding hydrogens is 404 g/mol. The second-order valence-corrected chi connectivity index (χ2v) is 9.97. The third-order valence-corrected chi connectivity index (χ3v) is 6.97. The number of hydrogen-bond donors (Lipinski definition) is 1. The zero-order valence-electron chi connectivity index (χ0n) is 17.3. The maximum atomic E-state index is 13.3. The molecule has 0 unspecified atom stereocenters. The molecule has 1 saturated heterocycles. The number of rotatable bonds is 5. The van der Waals surface area contributed by atoms with Gasteiger partial charge >= 0.3 is 0 Å². The van der Waals surface area contributed by atoms with Gasteiger partial charge in [-0.25, -0.2) is 13.1 Å². The van der Waals surface area contributed by atoms with Crippen molar-refractivity contribution in [3.63, 3.8) is 0 Å². The highest BCUT2D eigenvalue weighted by atomic mass is 32.2. The first-order valence-corrected chi connectivity index (χ1v) is 11.5. The standard InChI is InChI=1S/C22H26N2O5S/c1-22(2)14-17(16-7-4-5-8-19(16)29-22)23-30(26,27)15-10-11-20(28-3)18(13-15)24-12-6-9-21(24)25/h4-5,7-8,10-11,13,17,23H,6,9,12,14H2,1-3H3/t17-/m0/s1. The molecule has 4 rings (SSSR count). The second kappa shape index (κ2) is 7.59. The molecule has 0 aliphatic carbocycles. The molecule has 0 aromatic heterocycles. The lowest BCUT2D eigenvalue weighted by Gasteiger charge is -2.37. The van der Waals surface area contributed by atoms with E-state index in [-0.39, 0.29) is 10.8 Å². The quantitative estimate of drug-likeness (QED) is 0.786. The number of nitrogens with zero attached hydrogens (tertiary/aromatic N) is 1. The molecule has 1 atom stereocenters. The van der Waals surface area contributed by atoms with Crippen LogP contribution in [0, 0.1) is 0 Å². The van der Waals surface area contributed by atoms with Crippen LogP contribution in [0.2, 0.25) is 0 Å². The van der Waals surface area contributed by atoms with Gasteiger partial charge in [0, 0.05) is 24.9 Å². The molecule has 2 aliphatic rings. The van der Waals surface area contributed by atoms with E-state index in [9.17, 15) is 13.2 Å². The smallest absolute Gasteiger partial charge is 0.241 e. The zero-order valence-corrected chi connectivity index (χ0v) is 18.2. The number of fused-ring (bicyclic) bond motifs is 1. The summed E-state index contributed by atoms with van der Waals surface area (Å²) >= 11 is 0. The van der Waals surface area contributed by atoms with E-state index in [2.05, 4.69) is 4.72 Å². The van der Waals surface area contributed by atoms with E-state index < -0.39 is 21.7 Å². The van der Waals surface area contributed by atoms with Crippen molar-refractivity contribution >= 4 is 21.6 Å². The van der Waals surface area contributed by atoms with Crippen molar-refractivity contribution in [1.29, 1.82) is 0 Å². The lowest BCUT2D eigenvalue weighted by Crippen LogP contribution is -2.41. The number of ether oxygens (including phenoxy) is 2. The summed E-state index contributed by atoms with van der Waals surface area (Å²) in [7, 11) is -2.34. The molecule has 2 heterocycles. The molecule has 2 aromatic carbocycles. The summed E-state index contributed by atoms with van der Waals surface area (Å²) in [6.45, 7) is 4.43. The molecule has 0 bridgehead atoms. The first-order chi connectivity index (χ1) is 14.2. The number of benzene rings is 2. The number of nitrogens with one attached hydrogen (secondary N) is 1. The normalized spacial score (nSPS) is 20.6. The summed E-state index contributed by atoms with van der Waals surface area (Å²) in [5.41, 5.74) is 0.786. The second-order valence-electron chi connectivity index (χ2n) is 8.26. The number of amides is 1. The van der Waals surface area contributed by atoms with Crippen molar-refractivity contribution in [2.24, 2.45) is 0 Å². The van der Waals surface area contributed by atoms with Crippen molar-refractivity contribution in [3.8, 4) is 11.5 Å². The van der Waals surface area contributed by atoms with Crippen molar-refractivity contribution in [2.75, 3.05) is 18.6 Å². The molecule has 0 spiro atoms. The minimum Gasteiger partial charge on any atom is -0.495 e. The minimum absolute atomic E-state index is 0.0316. The number of sulfonamides is 1. The predicted molar refractivity (Wildman–Crippen MR) is 113 cm³/mol. The van der Waals surface area contributed by atoms with Crippen LogP contribution in [0.5, 0.6) is 11.5 Å². The van der Waals surface area contributed by atoms with E-state index in [0.29, 0.717) is 36.6 Å². The van der Waals surface area contributed by atoms with E-state index in [1.165, 1.54) is 19.2 Å². The molecule has 2 aliphatic heterocycles. The van der Waals surface area contributed by atoms with Crippen LogP contribution in [0.25, 0.3) is 0 Å². The van der Waals surface area contributed by atoms with Crippen LogP contribution in [-0.4, -0.2) is 33.6 Å². The van der Waals surface area contributed by atoms with Crippen LogP contribution < -0.4 is 19.1 Å². The van der Waals surface area contributed by atoms with Crippen LogP contribution in [0.3, 0.4) is 0 Å². The van der Waals surface area contributed by atoms with Gasteiger partial charge in [-0.05, 0) is 44.5 Å². The Morgan fingerprint density at radius 1 is 1.20 bits per heavy atom. The fourth-order valence-electron chi connectivity index (χ4n) is 4.11. The summed E-state index contributed by atoms with van der Waals surface area (Å²) < 4.78 is 40.8. The highest BCUT2D eigenvalue weighted by Crippen LogP contribution is 2.40. The van der Waals surface area contributed by atoms with Crippen LogP contribution in [-0.2, 0) is 14.8 Å². The van der Waals surface area contributed by atoms with E-state index in [1.54, 1.807) is 11.0 Å². The third-order valence-electron chi connectivity index (χ3n) is 5.50. The van der Waals surface area contributed by atoms with Gasteiger partial charge in [-0.1, -0.05) is 18.2 Å². The first kappa shape index (κ1) is 20.7. The predicted octanol–water partition coefficient (Wildman–Crippen LogP) is 3.40. The van der Waals surface area contributed by atoms with Crippen LogP contribution in [0.1, 0.15) is 44.7 Å². The molecule has 0 saturated carbocycles. The van der Waals surface area contributed by atoms with E-state index >= 15 is 0 Å². The van der Waals surface area contributed by atoms with Gasteiger partial charge in [0.15, 0.2) is 0 Å². The monoisotopic (exact) mass is 430 g/mol. The lowest BCUT2D eigenvalue weighted by molar-refractivity contribution is -0.117.